The summed E-state index contributed by atoms with van der Waals surface area (Å²) in [5.74, 6) is 0.0990. The summed E-state index contributed by atoms with van der Waals surface area (Å²) in [6, 6.07) is 0. The van der Waals surface area contributed by atoms with Crippen molar-refractivity contribution in [2.24, 2.45) is 10.1 Å². The molecule has 1 heterocycles. The molecule has 0 aliphatic rings. The van der Waals surface area contributed by atoms with Crippen molar-refractivity contribution in [1.82, 2.24) is 14.8 Å². The van der Waals surface area contributed by atoms with E-state index in [1.807, 2.05) is 0 Å². The summed E-state index contributed by atoms with van der Waals surface area (Å²) in [7, 11) is 1.42. The molecular formula is C23H27N5O2S. The van der Waals surface area contributed by atoms with Crippen molar-refractivity contribution in [3.05, 3.63) is 102 Å². The van der Waals surface area contributed by atoms with E-state index in [0.717, 1.165) is 0 Å². The molecule has 0 unspecified atom stereocenters. The zero-order valence-corrected chi connectivity index (χ0v) is 18.9. The monoisotopic (exact) mass is 437 g/mol. The van der Waals surface area contributed by atoms with Crippen LogP contribution in [0.5, 0.6) is 5.75 Å². The van der Waals surface area contributed by atoms with Crippen molar-refractivity contribution in [2.75, 3.05) is 7.11 Å². The van der Waals surface area contributed by atoms with Crippen LogP contribution in [0.4, 0.5) is 0 Å². The number of hydrazone groups is 1. The van der Waals surface area contributed by atoms with Gasteiger partial charge in [-0.05, 0) is 31.4 Å². The Balaban J connectivity index is 3.82. The van der Waals surface area contributed by atoms with Gasteiger partial charge < -0.3 is 4.74 Å². The molecule has 0 radical (unpaired) electrons. The van der Waals surface area contributed by atoms with Crippen LogP contribution in [0.2, 0.25) is 0 Å². The fraction of sp³-hybridized carbons (Fsp3) is 0.130. The molecule has 8 heteroatoms. The van der Waals surface area contributed by atoms with Crippen molar-refractivity contribution in [3.8, 4) is 5.75 Å². The first-order valence-corrected chi connectivity index (χ1v) is 10.1. The van der Waals surface area contributed by atoms with Crippen LogP contribution >= 0.6 is 11.8 Å². The van der Waals surface area contributed by atoms with Crippen LogP contribution in [0.1, 0.15) is 19.5 Å². The largest absolute Gasteiger partial charge is 0.491 e. The Morgan fingerprint density at radius 3 is 2.52 bits per heavy atom. The highest BCUT2D eigenvalue weighted by Crippen LogP contribution is 2.23. The van der Waals surface area contributed by atoms with E-state index >= 15 is 0 Å². The van der Waals surface area contributed by atoms with Gasteiger partial charge in [0, 0.05) is 12.4 Å². The van der Waals surface area contributed by atoms with Crippen molar-refractivity contribution in [1.29, 1.82) is 0 Å². The van der Waals surface area contributed by atoms with Crippen LogP contribution in [0.3, 0.4) is 0 Å². The second-order valence-electron chi connectivity index (χ2n) is 5.47. The predicted octanol–water partition coefficient (Wildman–Crippen LogP) is 4.96. The second kappa shape index (κ2) is 13.6. The lowest BCUT2D eigenvalue weighted by Crippen LogP contribution is -2.26. The third-order valence-corrected chi connectivity index (χ3v) is 4.31. The molecular weight excluding hydrogens is 410 g/mol. The van der Waals surface area contributed by atoms with Crippen LogP contribution < -0.4 is 10.2 Å². The van der Waals surface area contributed by atoms with Gasteiger partial charge >= 0.3 is 0 Å². The molecule has 0 spiro atoms. The average Bonchev–Trinajstić information content (AvgIpc) is 2.77. The summed E-state index contributed by atoms with van der Waals surface area (Å²) >= 11 is 1.23. The molecule has 0 fully saturated rings. The number of hydrogen-bond acceptors (Lipinski definition) is 7. The number of methoxy groups -OCH3 is 1. The third-order valence-electron chi connectivity index (χ3n) is 3.64. The van der Waals surface area contributed by atoms with Crippen LogP contribution in [-0.2, 0) is 0 Å². The lowest BCUT2D eigenvalue weighted by Gasteiger charge is -2.23. The van der Waals surface area contributed by atoms with Gasteiger partial charge in [0.05, 0.1) is 24.7 Å². The van der Waals surface area contributed by atoms with Gasteiger partial charge in [-0.2, -0.15) is 10.2 Å². The Kier molecular flexibility index (Phi) is 11.1. The van der Waals surface area contributed by atoms with Gasteiger partial charge in [-0.3, -0.25) is 4.79 Å². The minimum absolute atomic E-state index is 0.0990. The smallest absolute Gasteiger partial charge is 0.251 e. The predicted molar refractivity (Wildman–Crippen MR) is 133 cm³/mol. The topological polar surface area (TPSA) is 72.1 Å². The Hall–Kier alpha value is -3.65. The normalized spacial score (nSPS) is 12.8. The highest BCUT2D eigenvalue weighted by atomic mass is 32.2. The summed E-state index contributed by atoms with van der Waals surface area (Å²) in [5.41, 5.74) is 0.792. The number of rotatable bonds is 10. The van der Waals surface area contributed by atoms with Gasteiger partial charge in [0.25, 0.3) is 5.43 Å². The summed E-state index contributed by atoms with van der Waals surface area (Å²) in [5, 5.41) is 12.5. The van der Waals surface area contributed by atoms with Gasteiger partial charge in [0.2, 0.25) is 0 Å². The number of thioether (sulfide) groups is 1. The molecule has 162 valence electrons. The lowest BCUT2D eigenvalue weighted by atomic mass is 10.2. The minimum Gasteiger partial charge on any atom is -0.491 e. The first-order chi connectivity index (χ1) is 15.0. The molecule has 1 rings (SSSR count). The van der Waals surface area contributed by atoms with Crippen molar-refractivity contribution in [2.45, 2.75) is 13.8 Å². The van der Waals surface area contributed by atoms with E-state index in [2.05, 4.69) is 41.5 Å². The number of allylic oxidation sites excluding steroid dienone is 6. The molecule has 1 aromatic rings. The van der Waals surface area contributed by atoms with Gasteiger partial charge in [0.1, 0.15) is 0 Å². The molecule has 0 saturated heterocycles. The van der Waals surface area contributed by atoms with E-state index in [9.17, 15) is 4.79 Å². The minimum atomic E-state index is -0.394. The second-order valence-corrected chi connectivity index (χ2v) is 6.41. The van der Waals surface area contributed by atoms with Crippen molar-refractivity contribution >= 4 is 28.8 Å². The van der Waals surface area contributed by atoms with Crippen LogP contribution in [-0.4, -0.2) is 33.3 Å². The number of aromatic nitrogens is 2. The standard InChI is InChI=1S/C23H27N5O2S/c1-8-14-15-16-18(9-2)28(25-12-5)19(10-3)21-22(29)20(30-7)17-27(26-21)23(24-11-4)31-13-6/h8-17H,1-2,4,6H2,3,5,7H3/b15-14-,18-16+,19-10-,24-23?,25-12-. The molecule has 0 N–H and O–H groups in total. The maximum atomic E-state index is 13.1. The molecule has 7 nitrogen and oxygen atoms in total. The Labute approximate surface area is 187 Å². The van der Waals surface area contributed by atoms with E-state index in [-0.39, 0.29) is 11.4 Å². The van der Waals surface area contributed by atoms with Gasteiger partial charge in [-0.15, -0.1) is 0 Å². The number of aliphatic imine (C=N–C) groups is 1. The number of ether oxygens (including phenoxy) is 1. The quantitative estimate of drug-likeness (QED) is 0.224. The van der Waals surface area contributed by atoms with E-state index in [1.165, 1.54) is 36.0 Å². The zero-order valence-electron chi connectivity index (χ0n) is 18.1. The van der Waals surface area contributed by atoms with Crippen molar-refractivity contribution in [3.63, 3.8) is 0 Å². The summed E-state index contributed by atoms with van der Waals surface area (Å²) < 4.78 is 6.74. The van der Waals surface area contributed by atoms with E-state index in [0.29, 0.717) is 16.6 Å². The molecule has 1 aromatic heterocycles. The van der Waals surface area contributed by atoms with Gasteiger partial charge in [0.15, 0.2) is 16.6 Å². The van der Waals surface area contributed by atoms with E-state index in [1.54, 1.807) is 66.9 Å². The van der Waals surface area contributed by atoms with Gasteiger partial charge in [-0.25, -0.2) is 14.7 Å². The maximum Gasteiger partial charge on any atom is 0.251 e. The summed E-state index contributed by atoms with van der Waals surface area (Å²) in [6.45, 7) is 18.4. The molecule has 0 amide bonds. The molecule has 0 aliphatic carbocycles. The maximum absolute atomic E-state index is 13.1. The van der Waals surface area contributed by atoms with Crippen molar-refractivity contribution < 1.29 is 4.74 Å². The molecule has 0 aliphatic heterocycles. The Morgan fingerprint density at radius 1 is 1.26 bits per heavy atom. The Morgan fingerprint density at radius 2 is 2.00 bits per heavy atom. The number of hydrogen-bond donors (Lipinski definition) is 0. The third kappa shape index (κ3) is 6.68. The lowest BCUT2D eigenvalue weighted by molar-refractivity contribution is 0.404. The summed E-state index contributed by atoms with van der Waals surface area (Å²) in [6.07, 6.45) is 14.8. The van der Waals surface area contributed by atoms with E-state index in [4.69, 9.17) is 4.74 Å². The SMILES string of the molecule is C=C/C=C\C=C(/C=C)N(/N=C\C)/C(=C\C)c1nn(C(=NC=C)SC=C)cc(OC)c1=O. The zero-order chi connectivity index (χ0) is 23.2. The molecule has 0 atom stereocenters. The molecule has 31 heavy (non-hydrogen) atoms. The molecule has 0 bridgehead atoms. The van der Waals surface area contributed by atoms with Crippen LogP contribution in [0.25, 0.3) is 5.70 Å². The fourth-order valence-electron chi connectivity index (χ4n) is 2.38. The average molecular weight is 438 g/mol. The molecule has 0 saturated carbocycles. The first kappa shape index (κ1) is 25.4. The summed E-state index contributed by atoms with van der Waals surface area (Å²) in [4.78, 5) is 17.3. The van der Waals surface area contributed by atoms with E-state index < -0.39 is 5.43 Å². The first-order valence-electron chi connectivity index (χ1n) is 9.24. The highest BCUT2D eigenvalue weighted by molar-refractivity contribution is 8.16. The van der Waals surface area contributed by atoms with Gasteiger partial charge in [-0.1, -0.05) is 62.4 Å². The number of nitrogens with zero attached hydrogens (tertiary/aromatic N) is 5. The Bertz CT molecular complexity index is 1030. The highest BCUT2D eigenvalue weighted by Gasteiger charge is 2.21. The van der Waals surface area contributed by atoms with Crippen LogP contribution in [0, 0.1) is 0 Å². The van der Waals surface area contributed by atoms with Crippen LogP contribution in [0.15, 0.2) is 101 Å². The molecule has 0 aromatic carbocycles. The fourth-order valence-corrected chi connectivity index (χ4v) is 2.86.